The van der Waals surface area contributed by atoms with Crippen molar-refractivity contribution in [3.63, 3.8) is 0 Å². The first-order valence-electron chi connectivity index (χ1n) is 3.85. The number of thioether (sulfide) groups is 1. The zero-order valence-electron chi connectivity index (χ0n) is 7.76. The number of carbonyl (C=O) groups is 1. The fourth-order valence-electron chi connectivity index (χ4n) is 0.953. The molecule has 0 saturated carbocycles. The van der Waals surface area contributed by atoms with Crippen LogP contribution in [0.1, 0.15) is 20.3 Å². The summed E-state index contributed by atoms with van der Waals surface area (Å²) in [5, 5.41) is 0. The van der Waals surface area contributed by atoms with Gasteiger partial charge in [0, 0.05) is 25.8 Å². The lowest BCUT2D eigenvalue weighted by atomic mass is 10.2. The third-order valence-electron chi connectivity index (χ3n) is 1.87. The summed E-state index contributed by atoms with van der Waals surface area (Å²) in [5.41, 5.74) is 0. The van der Waals surface area contributed by atoms with Crippen molar-refractivity contribution in [3.8, 4) is 0 Å². The van der Waals surface area contributed by atoms with Crippen LogP contribution in [-0.4, -0.2) is 35.9 Å². The van der Waals surface area contributed by atoms with Gasteiger partial charge in [0.2, 0.25) is 5.91 Å². The number of amides is 1. The summed E-state index contributed by atoms with van der Waals surface area (Å²) >= 11 is 1.79. The largest absolute Gasteiger partial charge is 0.342 e. The molecule has 1 unspecified atom stereocenters. The lowest BCUT2D eigenvalue weighted by Gasteiger charge is -2.25. The highest BCUT2D eigenvalue weighted by atomic mass is 32.2. The van der Waals surface area contributed by atoms with Crippen LogP contribution in [0.3, 0.4) is 0 Å². The molecule has 1 amide bonds. The smallest absolute Gasteiger partial charge is 0.219 e. The van der Waals surface area contributed by atoms with E-state index < -0.39 is 0 Å². The van der Waals surface area contributed by atoms with Gasteiger partial charge in [-0.05, 0) is 12.7 Å². The number of carbonyl (C=O) groups excluding carboxylic acids is 1. The van der Waals surface area contributed by atoms with Gasteiger partial charge >= 0.3 is 0 Å². The van der Waals surface area contributed by atoms with Gasteiger partial charge in [0.1, 0.15) is 0 Å². The molecule has 1 atom stereocenters. The predicted octanol–water partition coefficient (Wildman–Crippen LogP) is 1.61. The molecule has 66 valence electrons. The summed E-state index contributed by atoms with van der Waals surface area (Å²) in [6.07, 6.45) is 3.10. The second-order valence-electron chi connectivity index (χ2n) is 2.65. The Labute approximate surface area is 73.3 Å². The molecule has 0 radical (unpaired) electrons. The Morgan fingerprint density at radius 2 is 2.18 bits per heavy atom. The molecule has 0 aliphatic heterocycles. The summed E-state index contributed by atoms with van der Waals surface area (Å²) < 4.78 is 0. The Hall–Kier alpha value is -0.180. The van der Waals surface area contributed by atoms with Gasteiger partial charge in [0.25, 0.3) is 0 Å². The summed E-state index contributed by atoms with van der Waals surface area (Å²) in [6.45, 7) is 3.73. The van der Waals surface area contributed by atoms with E-state index in [0.717, 1.165) is 12.2 Å². The highest BCUT2D eigenvalue weighted by Crippen LogP contribution is 2.07. The SMILES string of the molecule is CCC(CSC)N(C)C(C)=O. The van der Waals surface area contributed by atoms with Crippen molar-refractivity contribution >= 4 is 17.7 Å². The summed E-state index contributed by atoms with van der Waals surface area (Å²) in [7, 11) is 1.87. The van der Waals surface area contributed by atoms with Crippen LogP contribution in [0.15, 0.2) is 0 Å². The third-order valence-corrected chi connectivity index (χ3v) is 2.59. The maximum atomic E-state index is 10.9. The average molecular weight is 175 g/mol. The van der Waals surface area contributed by atoms with E-state index in [9.17, 15) is 4.79 Å². The topological polar surface area (TPSA) is 20.3 Å². The molecule has 0 N–H and O–H groups in total. The first-order valence-corrected chi connectivity index (χ1v) is 5.25. The van der Waals surface area contributed by atoms with Crippen LogP contribution in [0.2, 0.25) is 0 Å². The van der Waals surface area contributed by atoms with Crippen LogP contribution in [0.5, 0.6) is 0 Å². The molecule has 0 fully saturated rings. The lowest BCUT2D eigenvalue weighted by Crippen LogP contribution is -2.36. The van der Waals surface area contributed by atoms with Crippen molar-refractivity contribution in [1.82, 2.24) is 4.90 Å². The van der Waals surface area contributed by atoms with Crippen LogP contribution in [0.25, 0.3) is 0 Å². The van der Waals surface area contributed by atoms with Gasteiger partial charge in [-0.1, -0.05) is 6.92 Å². The van der Waals surface area contributed by atoms with Gasteiger partial charge in [-0.25, -0.2) is 0 Å². The van der Waals surface area contributed by atoms with Gasteiger partial charge in [-0.3, -0.25) is 4.79 Å². The molecule has 0 rings (SSSR count). The Balaban J connectivity index is 3.91. The van der Waals surface area contributed by atoms with Crippen LogP contribution in [0.4, 0.5) is 0 Å². The van der Waals surface area contributed by atoms with Crippen molar-refractivity contribution in [3.05, 3.63) is 0 Å². The van der Waals surface area contributed by atoms with Gasteiger partial charge in [0.05, 0.1) is 0 Å². The van der Waals surface area contributed by atoms with Crippen LogP contribution in [-0.2, 0) is 4.79 Å². The summed E-state index contributed by atoms with van der Waals surface area (Å²) in [6, 6.07) is 0.405. The van der Waals surface area contributed by atoms with Crippen molar-refractivity contribution in [2.45, 2.75) is 26.3 Å². The standard InChI is InChI=1S/C8H17NOS/c1-5-8(6-11-4)9(3)7(2)10/h8H,5-6H2,1-4H3. The van der Waals surface area contributed by atoms with E-state index in [1.807, 2.05) is 11.9 Å². The Morgan fingerprint density at radius 3 is 2.45 bits per heavy atom. The highest BCUT2D eigenvalue weighted by molar-refractivity contribution is 7.98. The van der Waals surface area contributed by atoms with Crippen LogP contribution in [0, 0.1) is 0 Å². The van der Waals surface area contributed by atoms with E-state index in [2.05, 4.69) is 13.2 Å². The Kier molecular flexibility index (Phi) is 5.38. The minimum absolute atomic E-state index is 0.158. The zero-order valence-corrected chi connectivity index (χ0v) is 8.57. The molecule has 0 spiro atoms. The molecular weight excluding hydrogens is 158 g/mol. The third kappa shape index (κ3) is 3.65. The van der Waals surface area contributed by atoms with Crippen LogP contribution >= 0.6 is 11.8 Å². The molecule has 0 saturated heterocycles. The molecular formula is C8H17NOS. The van der Waals surface area contributed by atoms with Gasteiger partial charge < -0.3 is 4.90 Å². The number of hydrogen-bond acceptors (Lipinski definition) is 2. The molecule has 11 heavy (non-hydrogen) atoms. The van der Waals surface area contributed by atoms with E-state index in [0.29, 0.717) is 6.04 Å². The van der Waals surface area contributed by atoms with E-state index in [4.69, 9.17) is 0 Å². The molecule has 0 aliphatic rings. The van der Waals surface area contributed by atoms with Crippen molar-refractivity contribution < 1.29 is 4.79 Å². The lowest BCUT2D eigenvalue weighted by molar-refractivity contribution is -0.129. The predicted molar refractivity (Wildman–Crippen MR) is 50.9 cm³/mol. The Bertz CT molecular complexity index is 127. The molecule has 0 bridgehead atoms. The maximum Gasteiger partial charge on any atom is 0.219 e. The molecule has 0 aromatic heterocycles. The van der Waals surface area contributed by atoms with E-state index in [-0.39, 0.29) is 5.91 Å². The highest BCUT2D eigenvalue weighted by Gasteiger charge is 2.13. The van der Waals surface area contributed by atoms with Gasteiger partial charge in [-0.2, -0.15) is 11.8 Å². The first kappa shape index (κ1) is 10.8. The minimum Gasteiger partial charge on any atom is -0.342 e. The first-order chi connectivity index (χ1) is 5.13. The molecule has 0 aromatic carbocycles. The number of rotatable bonds is 4. The monoisotopic (exact) mass is 175 g/mol. The van der Waals surface area contributed by atoms with Crippen molar-refractivity contribution in [1.29, 1.82) is 0 Å². The van der Waals surface area contributed by atoms with E-state index in [1.54, 1.807) is 18.7 Å². The second-order valence-corrected chi connectivity index (χ2v) is 3.56. The molecule has 0 heterocycles. The van der Waals surface area contributed by atoms with Crippen LogP contribution < -0.4 is 0 Å². The Morgan fingerprint density at radius 1 is 1.64 bits per heavy atom. The maximum absolute atomic E-state index is 10.9. The number of nitrogens with zero attached hydrogens (tertiary/aromatic N) is 1. The molecule has 0 aliphatic carbocycles. The zero-order chi connectivity index (χ0) is 8.85. The van der Waals surface area contributed by atoms with Crippen molar-refractivity contribution in [2.24, 2.45) is 0 Å². The fourth-order valence-corrected chi connectivity index (χ4v) is 1.80. The normalized spacial score (nSPS) is 12.7. The minimum atomic E-state index is 0.158. The molecule has 3 heteroatoms. The van der Waals surface area contributed by atoms with E-state index in [1.165, 1.54) is 0 Å². The average Bonchev–Trinajstić information content (AvgIpc) is 1.98. The quantitative estimate of drug-likeness (QED) is 0.647. The number of hydrogen-bond donors (Lipinski definition) is 0. The van der Waals surface area contributed by atoms with Gasteiger partial charge in [0.15, 0.2) is 0 Å². The fraction of sp³-hybridized carbons (Fsp3) is 0.875. The molecule has 0 aromatic rings. The summed E-state index contributed by atoms with van der Waals surface area (Å²) in [4.78, 5) is 12.8. The second kappa shape index (κ2) is 5.47. The van der Waals surface area contributed by atoms with Crippen molar-refractivity contribution in [2.75, 3.05) is 19.1 Å². The van der Waals surface area contributed by atoms with Gasteiger partial charge in [-0.15, -0.1) is 0 Å². The molecule has 2 nitrogen and oxygen atoms in total. The summed E-state index contributed by atoms with van der Waals surface area (Å²) in [5.74, 6) is 1.19. The van der Waals surface area contributed by atoms with E-state index >= 15 is 0 Å².